The minimum Gasteiger partial charge on any atom is -0.312 e. The van der Waals surface area contributed by atoms with Gasteiger partial charge in [-0.1, -0.05) is 5.21 Å². The SMILES string of the molecule is O=C1CCCCN1c1ccc(S(=O)(=O)NCc2nn[nH]n2)cc1. The number of sulfonamides is 1. The normalized spacial score (nSPS) is 15.8. The fraction of sp³-hybridized carbons (Fsp3) is 0.385. The monoisotopic (exact) mass is 336 g/mol. The van der Waals surface area contributed by atoms with E-state index in [1.54, 1.807) is 17.0 Å². The summed E-state index contributed by atoms with van der Waals surface area (Å²) in [6, 6.07) is 6.25. The van der Waals surface area contributed by atoms with Gasteiger partial charge in [0, 0.05) is 18.7 Å². The van der Waals surface area contributed by atoms with Gasteiger partial charge in [-0.05, 0) is 37.1 Å². The Bertz CT molecular complexity index is 773. The summed E-state index contributed by atoms with van der Waals surface area (Å²) in [5.41, 5.74) is 0.715. The van der Waals surface area contributed by atoms with Crippen LogP contribution in [0.1, 0.15) is 25.1 Å². The van der Waals surface area contributed by atoms with Crippen LogP contribution in [0.3, 0.4) is 0 Å². The number of amides is 1. The molecule has 1 aromatic carbocycles. The maximum Gasteiger partial charge on any atom is 0.240 e. The van der Waals surface area contributed by atoms with E-state index < -0.39 is 10.0 Å². The van der Waals surface area contributed by atoms with Crippen molar-refractivity contribution in [1.82, 2.24) is 25.3 Å². The second kappa shape index (κ2) is 6.42. The molecule has 0 bridgehead atoms. The zero-order valence-corrected chi connectivity index (χ0v) is 13.1. The van der Waals surface area contributed by atoms with Gasteiger partial charge in [0.1, 0.15) is 0 Å². The van der Waals surface area contributed by atoms with Crippen molar-refractivity contribution in [2.45, 2.75) is 30.7 Å². The summed E-state index contributed by atoms with van der Waals surface area (Å²) in [7, 11) is -3.67. The number of aromatic nitrogens is 4. The Hall–Kier alpha value is -2.33. The molecule has 2 heterocycles. The number of hydrogen-bond donors (Lipinski definition) is 2. The maximum atomic E-state index is 12.2. The highest BCUT2D eigenvalue weighted by Gasteiger charge is 2.21. The number of nitrogens with one attached hydrogen (secondary N) is 2. The quantitative estimate of drug-likeness (QED) is 0.804. The highest BCUT2D eigenvalue weighted by atomic mass is 32.2. The smallest absolute Gasteiger partial charge is 0.240 e. The molecule has 23 heavy (non-hydrogen) atoms. The molecule has 1 fully saturated rings. The van der Waals surface area contributed by atoms with Crippen molar-refractivity contribution in [2.24, 2.45) is 0 Å². The lowest BCUT2D eigenvalue weighted by Crippen LogP contribution is -2.35. The van der Waals surface area contributed by atoms with Gasteiger partial charge in [-0.25, -0.2) is 13.1 Å². The second-order valence-electron chi connectivity index (χ2n) is 5.15. The minimum absolute atomic E-state index is 0.0504. The van der Waals surface area contributed by atoms with E-state index in [0.29, 0.717) is 18.7 Å². The van der Waals surface area contributed by atoms with E-state index in [2.05, 4.69) is 25.3 Å². The first-order valence-corrected chi connectivity index (χ1v) is 8.67. The van der Waals surface area contributed by atoms with Crippen molar-refractivity contribution >= 4 is 21.6 Å². The summed E-state index contributed by atoms with van der Waals surface area (Å²) < 4.78 is 26.8. The Morgan fingerprint density at radius 3 is 2.65 bits per heavy atom. The number of tetrazole rings is 1. The summed E-state index contributed by atoms with van der Waals surface area (Å²) in [6.45, 7) is 0.617. The second-order valence-corrected chi connectivity index (χ2v) is 6.92. The van der Waals surface area contributed by atoms with Crippen LogP contribution in [0.15, 0.2) is 29.2 Å². The molecule has 1 saturated heterocycles. The number of carbonyl (C=O) groups is 1. The number of carbonyl (C=O) groups excluding carboxylic acids is 1. The van der Waals surface area contributed by atoms with Crippen molar-refractivity contribution in [2.75, 3.05) is 11.4 Å². The van der Waals surface area contributed by atoms with Crippen LogP contribution in [0.25, 0.3) is 0 Å². The highest BCUT2D eigenvalue weighted by molar-refractivity contribution is 7.89. The van der Waals surface area contributed by atoms with Crippen LogP contribution in [0.2, 0.25) is 0 Å². The molecule has 1 aliphatic heterocycles. The lowest BCUT2D eigenvalue weighted by molar-refractivity contribution is -0.119. The molecule has 0 saturated carbocycles. The molecule has 0 radical (unpaired) electrons. The van der Waals surface area contributed by atoms with E-state index in [1.807, 2.05) is 0 Å². The van der Waals surface area contributed by atoms with Crippen LogP contribution >= 0.6 is 0 Å². The Labute approximate surface area is 133 Å². The van der Waals surface area contributed by atoms with Gasteiger partial charge in [0.2, 0.25) is 15.9 Å². The zero-order chi connectivity index (χ0) is 16.3. The van der Waals surface area contributed by atoms with Crippen molar-refractivity contribution in [3.05, 3.63) is 30.1 Å². The third kappa shape index (κ3) is 3.54. The van der Waals surface area contributed by atoms with Crippen LogP contribution in [-0.2, 0) is 21.4 Å². The third-order valence-corrected chi connectivity index (χ3v) is 5.01. The molecule has 0 atom stereocenters. The molecule has 3 rings (SSSR count). The van der Waals surface area contributed by atoms with Crippen LogP contribution in [0.4, 0.5) is 5.69 Å². The molecule has 0 aliphatic carbocycles. The van der Waals surface area contributed by atoms with E-state index >= 15 is 0 Å². The maximum absolute atomic E-state index is 12.2. The highest BCUT2D eigenvalue weighted by Crippen LogP contribution is 2.22. The summed E-state index contributed by atoms with van der Waals surface area (Å²) in [5.74, 6) is 0.325. The molecule has 1 aliphatic rings. The zero-order valence-electron chi connectivity index (χ0n) is 12.3. The predicted molar refractivity (Wildman–Crippen MR) is 80.8 cm³/mol. The molecule has 1 aromatic heterocycles. The number of nitrogens with zero attached hydrogens (tertiary/aromatic N) is 4. The van der Waals surface area contributed by atoms with E-state index in [4.69, 9.17) is 0 Å². The predicted octanol–water partition coefficient (Wildman–Crippen LogP) is 0.195. The molecule has 0 spiro atoms. The number of benzene rings is 1. The van der Waals surface area contributed by atoms with Gasteiger partial charge >= 0.3 is 0 Å². The van der Waals surface area contributed by atoms with Crippen molar-refractivity contribution < 1.29 is 13.2 Å². The van der Waals surface area contributed by atoms with Gasteiger partial charge in [-0.15, -0.1) is 10.2 Å². The van der Waals surface area contributed by atoms with Crippen LogP contribution in [0, 0.1) is 0 Å². The first-order valence-electron chi connectivity index (χ1n) is 7.19. The van der Waals surface area contributed by atoms with Gasteiger partial charge in [0.05, 0.1) is 11.4 Å². The fourth-order valence-corrected chi connectivity index (χ4v) is 3.36. The molecule has 9 nitrogen and oxygen atoms in total. The fourth-order valence-electron chi connectivity index (χ4n) is 2.38. The Balaban J connectivity index is 1.71. The van der Waals surface area contributed by atoms with Gasteiger partial charge in [0.25, 0.3) is 0 Å². The van der Waals surface area contributed by atoms with Crippen LogP contribution < -0.4 is 9.62 Å². The molecule has 10 heteroatoms. The molecular formula is C13H16N6O3S. The first-order chi connectivity index (χ1) is 11.1. The molecular weight excluding hydrogens is 320 g/mol. The summed E-state index contributed by atoms with van der Waals surface area (Å²) in [5, 5.41) is 13.0. The standard InChI is InChI=1S/C13H16N6O3S/c20-13-3-1-2-8-19(13)10-4-6-11(7-5-10)23(21,22)14-9-12-15-17-18-16-12/h4-7,14H,1-3,8-9H2,(H,15,16,17,18). The Morgan fingerprint density at radius 1 is 1.22 bits per heavy atom. The average molecular weight is 336 g/mol. The van der Waals surface area contributed by atoms with E-state index in [1.165, 1.54) is 12.1 Å². The van der Waals surface area contributed by atoms with E-state index in [0.717, 1.165) is 12.8 Å². The molecule has 2 N–H and O–H groups in total. The largest absolute Gasteiger partial charge is 0.312 e. The van der Waals surface area contributed by atoms with Gasteiger partial charge in [-0.3, -0.25) is 4.79 Å². The third-order valence-electron chi connectivity index (χ3n) is 3.59. The number of aromatic amines is 1. The van der Waals surface area contributed by atoms with Gasteiger partial charge in [0.15, 0.2) is 5.82 Å². The number of H-pyrrole nitrogens is 1. The lowest BCUT2D eigenvalue weighted by Gasteiger charge is -2.26. The number of piperidine rings is 1. The van der Waals surface area contributed by atoms with Crippen molar-refractivity contribution in [1.29, 1.82) is 0 Å². The number of hydrogen-bond acceptors (Lipinski definition) is 6. The van der Waals surface area contributed by atoms with Crippen LogP contribution in [-0.4, -0.2) is 41.5 Å². The summed E-state index contributed by atoms with van der Waals surface area (Å²) in [4.78, 5) is 13.7. The van der Waals surface area contributed by atoms with Crippen molar-refractivity contribution in [3.8, 4) is 0 Å². The summed E-state index contributed by atoms with van der Waals surface area (Å²) >= 11 is 0. The Morgan fingerprint density at radius 2 is 2.00 bits per heavy atom. The number of rotatable bonds is 5. The van der Waals surface area contributed by atoms with Crippen LogP contribution in [0.5, 0.6) is 0 Å². The van der Waals surface area contributed by atoms with E-state index in [-0.39, 0.29) is 23.2 Å². The van der Waals surface area contributed by atoms with Gasteiger partial charge in [-0.2, -0.15) is 5.21 Å². The molecule has 0 unspecified atom stereocenters. The molecule has 122 valence electrons. The lowest BCUT2D eigenvalue weighted by atomic mass is 10.1. The molecule has 1 amide bonds. The number of anilines is 1. The topological polar surface area (TPSA) is 121 Å². The van der Waals surface area contributed by atoms with Gasteiger partial charge < -0.3 is 4.90 Å². The minimum atomic E-state index is -3.67. The average Bonchev–Trinajstić information content (AvgIpc) is 3.07. The summed E-state index contributed by atoms with van der Waals surface area (Å²) in [6.07, 6.45) is 2.39. The van der Waals surface area contributed by atoms with E-state index in [9.17, 15) is 13.2 Å². The first kappa shape index (κ1) is 15.6. The van der Waals surface area contributed by atoms with Crippen molar-refractivity contribution in [3.63, 3.8) is 0 Å². The Kier molecular flexibility index (Phi) is 4.35. The molecule has 2 aromatic rings.